The topological polar surface area (TPSA) is 58.2 Å². The number of amides is 2. The van der Waals surface area contributed by atoms with Gasteiger partial charge in [0.25, 0.3) is 0 Å². The predicted molar refractivity (Wildman–Crippen MR) is 89.1 cm³/mol. The van der Waals surface area contributed by atoms with E-state index in [0.29, 0.717) is 6.04 Å². The zero-order chi connectivity index (χ0) is 15.2. The Bertz CT molecular complexity index is 503. The van der Waals surface area contributed by atoms with Crippen LogP contribution in [0.25, 0.3) is 0 Å². The Morgan fingerprint density at radius 3 is 2.62 bits per heavy atom. The van der Waals surface area contributed by atoms with Crippen LogP contribution < -0.4 is 10.6 Å². The van der Waals surface area contributed by atoms with Crippen LogP contribution in [-0.2, 0) is 15.3 Å². The van der Waals surface area contributed by atoms with E-state index in [2.05, 4.69) is 26.6 Å². The van der Waals surface area contributed by atoms with Crippen molar-refractivity contribution in [1.29, 1.82) is 0 Å². The van der Waals surface area contributed by atoms with Crippen LogP contribution in [0.1, 0.15) is 25.3 Å². The second-order valence-corrected chi connectivity index (χ2v) is 7.38. The Balaban J connectivity index is 1.66. The number of hydrogen-bond acceptors (Lipinski definition) is 3. The molecule has 1 aromatic carbocycles. The molecule has 2 amide bonds. The minimum Gasteiger partial charge on any atom is -0.352 e. The Morgan fingerprint density at radius 2 is 2.00 bits per heavy atom. The van der Waals surface area contributed by atoms with Crippen LogP contribution in [-0.4, -0.2) is 29.7 Å². The molecule has 0 radical (unpaired) electrons. The van der Waals surface area contributed by atoms with Crippen molar-refractivity contribution < 1.29 is 9.59 Å². The Kier molecular flexibility index (Phi) is 6.11. The highest BCUT2D eigenvalue weighted by Crippen LogP contribution is 2.20. The van der Waals surface area contributed by atoms with Crippen molar-refractivity contribution >= 4 is 39.5 Å². The van der Waals surface area contributed by atoms with Crippen molar-refractivity contribution in [3.63, 3.8) is 0 Å². The van der Waals surface area contributed by atoms with Crippen LogP contribution >= 0.6 is 27.7 Å². The fourth-order valence-electron chi connectivity index (χ4n) is 1.70. The lowest BCUT2D eigenvalue weighted by molar-refractivity contribution is -0.125. The number of thioether (sulfide) groups is 1. The van der Waals surface area contributed by atoms with Gasteiger partial charge in [0.1, 0.15) is 0 Å². The molecular formula is C15H19BrN2O2S. The summed E-state index contributed by atoms with van der Waals surface area (Å²) < 4.78 is 1.05. The normalized spacial score (nSPS) is 15.3. The first-order valence-electron chi connectivity index (χ1n) is 6.97. The molecule has 2 rings (SSSR count). The highest BCUT2D eigenvalue weighted by Gasteiger charge is 2.23. The van der Waals surface area contributed by atoms with Gasteiger partial charge in [-0.05, 0) is 37.5 Å². The van der Waals surface area contributed by atoms with Gasteiger partial charge in [-0.15, -0.1) is 11.8 Å². The first-order valence-corrected chi connectivity index (χ1v) is 8.82. The molecular weight excluding hydrogens is 352 g/mol. The molecule has 4 nitrogen and oxygen atoms in total. The van der Waals surface area contributed by atoms with Crippen molar-refractivity contribution in [1.82, 2.24) is 10.6 Å². The zero-order valence-corrected chi connectivity index (χ0v) is 14.3. The summed E-state index contributed by atoms with van der Waals surface area (Å²) >= 11 is 4.96. The van der Waals surface area contributed by atoms with E-state index in [0.717, 1.165) is 23.1 Å². The Morgan fingerprint density at radius 1 is 1.33 bits per heavy atom. The SMILES string of the molecule is C[C@H](SCc1ccc(Br)cc1)C(=O)NCC(=O)NC1CC1. The van der Waals surface area contributed by atoms with E-state index < -0.39 is 0 Å². The van der Waals surface area contributed by atoms with Crippen molar-refractivity contribution in [2.45, 2.75) is 36.8 Å². The maximum atomic E-state index is 11.9. The van der Waals surface area contributed by atoms with Gasteiger partial charge < -0.3 is 10.6 Å². The smallest absolute Gasteiger partial charge is 0.239 e. The summed E-state index contributed by atoms with van der Waals surface area (Å²) in [6, 6.07) is 8.37. The van der Waals surface area contributed by atoms with Gasteiger partial charge in [-0.3, -0.25) is 9.59 Å². The van der Waals surface area contributed by atoms with E-state index in [-0.39, 0.29) is 23.6 Å². The third kappa shape index (κ3) is 6.09. The van der Waals surface area contributed by atoms with Gasteiger partial charge in [-0.2, -0.15) is 0 Å². The average molecular weight is 371 g/mol. The molecule has 1 aliphatic rings. The molecule has 1 aromatic rings. The molecule has 0 bridgehead atoms. The zero-order valence-electron chi connectivity index (χ0n) is 11.9. The largest absolute Gasteiger partial charge is 0.352 e. The van der Waals surface area contributed by atoms with Crippen LogP contribution in [0.15, 0.2) is 28.7 Å². The molecule has 0 aliphatic heterocycles. The molecule has 6 heteroatoms. The molecule has 114 valence electrons. The van der Waals surface area contributed by atoms with E-state index in [4.69, 9.17) is 0 Å². The third-order valence-electron chi connectivity index (χ3n) is 3.15. The average Bonchev–Trinajstić information content (AvgIpc) is 3.27. The van der Waals surface area contributed by atoms with Crippen LogP contribution in [0.2, 0.25) is 0 Å². The summed E-state index contributed by atoms with van der Waals surface area (Å²) in [6.45, 7) is 1.93. The van der Waals surface area contributed by atoms with Crippen molar-refractivity contribution in [3.8, 4) is 0 Å². The first-order chi connectivity index (χ1) is 10.0. The van der Waals surface area contributed by atoms with E-state index in [1.807, 2.05) is 31.2 Å². The molecule has 1 saturated carbocycles. The maximum Gasteiger partial charge on any atom is 0.239 e. The number of benzene rings is 1. The van der Waals surface area contributed by atoms with E-state index >= 15 is 0 Å². The summed E-state index contributed by atoms with van der Waals surface area (Å²) in [5.41, 5.74) is 1.18. The fraction of sp³-hybridized carbons (Fsp3) is 0.467. The lowest BCUT2D eigenvalue weighted by Crippen LogP contribution is -2.40. The summed E-state index contributed by atoms with van der Waals surface area (Å²) in [5, 5.41) is 5.35. The molecule has 0 saturated heterocycles. The van der Waals surface area contributed by atoms with Crippen LogP contribution in [0.4, 0.5) is 0 Å². The van der Waals surface area contributed by atoms with E-state index in [9.17, 15) is 9.59 Å². The molecule has 0 heterocycles. The number of nitrogens with one attached hydrogen (secondary N) is 2. The maximum absolute atomic E-state index is 11.9. The number of halogens is 1. The monoisotopic (exact) mass is 370 g/mol. The first kappa shape index (κ1) is 16.4. The van der Waals surface area contributed by atoms with Gasteiger partial charge >= 0.3 is 0 Å². The highest BCUT2D eigenvalue weighted by molar-refractivity contribution is 9.10. The Labute approximate surface area is 137 Å². The van der Waals surface area contributed by atoms with Crippen molar-refractivity contribution in [2.75, 3.05) is 6.54 Å². The van der Waals surface area contributed by atoms with Crippen molar-refractivity contribution in [3.05, 3.63) is 34.3 Å². The summed E-state index contributed by atoms with van der Waals surface area (Å²) in [4.78, 5) is 23.4. The molecule has 0 spiro atoms. The molecule has 21 heavy (non-hydrogen) atoms. The summed E-state index contributed by atoms with van der Waals surface area (Å²) in [7, 11) is 0. The van der Waals surface area contributed by atoms with Crippen LogP contribution in [0.3, 0.4) is 0 Å². The van der Waals surface area contributed by atoms with E-state index in [1.54, 1.807) is 11.8 Å². The second-order valence-electron chi connectivity index (χ2n) is 5.14. The molecule has 0 aromatic heterocycles. The molecule has 1 atom stereocenters. The van der Waals surface area contributed by atoms with Gasteiger partial charge in [-0.25, -0.2) is 0 Å². The van der Waals surface area contributed by atoms with Gasteiger partial charge in [0.15, 0.2) is 0 Å². The van der Waals surface area contributed by atoms with Gasteiger partial charge in [-0.1, -0.05) is 28.1 Å². The quantitative estimate of drug-likeness (QED) is 0.774. The Hall–Kier alpha value is -1.01. The fourth-order valence-corrected chi connectivity index (χ4v) is 2.83. The van der Waals surface area contributed by atoms with Gasteiger partial charge in [0, 0.05) is 16.3 Å². The van der Waals surface area contributed by atoms with Crippen molar-refractivity contribution in [2.24, 2.45) is 0 Å². The molecule has 1 aliphatic carbocycles. The lowest BCUT2D eigenvalue weighted by atomic mass is 10.2. The van der Waals surface area contributed by atoms with E-state index in [1.165, 1.54) is 5.56 Å². The third-order valence-corrected chi connectivity index (χ3v) is 4.89. The molecule has 0 unspecified atom stereocenters. The summed E-state index contributed by atoms with van der Waals surface area (Å²) in [6.07, 6.45) is 2.11. The van der Waals surface area contributed by atoms with Crippen LogP contribution in [0, 0.1) is 0 Å². The molecule has 1 fully saturated rings. The standard InChI is InChI=1S/C15H19BrN2O2S/c1-10(21-9-11-2-4-12(16)5-3-11)15(20)17-8-14(19)18-13-6-7-13/h2-5,10,13H,6-9H2,1H3,(H,17,20)(H,18,19)/t10-/m0/s1. The van der Waals surface area contributed by atoms with Crippen LogP contribution in [0.5, 0.6) is 0 Å². The minimum absolute atomic E-state index is 0.0680. The van der Waals surface area contributed by atoms with Gasteiger partial charge in [0.05, 0.1) is 11.8 Å². The number of hydrogen-bond donors (Lipinski definition) is 2. The minimum atomic E-state index is -0.178. The lowest BCUT2D eigenvalue weighted by Gasteiger charge is -2.12. The predicted octanol–water partition coefficient (Wildman–Crippen LogP) is 2.47. The van der Waals surface area contributed by atoms with Gasteiger partial charge in [0.2, 0.25) is 11.8 Å². The summed E-state index contributed by atoms with van der Waals surface area (Å²) in [5.74, 6) is 0.579. The number of carbonyl (C=O) groups excluding carboxylic acids is 2. The second kappa shape index (κ2) is 7.84. The molecule has 2 N–H and O–H groups in total. The highest BCUT2D eigenvalue weighted by atomic mass is 79.9. The number of rotatable bonds is 7. The number of carbonyl (C=O) groups is 2.